The Balaban J connectivity index is 1.66. The van der Waals surface area contributed by atoms with Gasteiger partial charge in [-0.15, -0.1) is 0 Å². The molecule has 3 aromatic rings. The van der Waals surface area contributed by atoms with E-state index < -0.39 is 21.4 Å². The molecule has 9 heteroatoms. The molecular formula is C24H26ClN3O4S. The van der Waals surface area contributed by atoms with Crippen molar-refractivity contribution in [3.63, 3.8) is 0 Å². The molecule has 33 heavy (non-hydrogen) atoms. The minimum Gasteiger partial charge on any atom is -0.360 e. The molecule has 1 aromatic heterocycles. The first kappa shape index (κ1) is 23.3. The fourth-order valence-corrected chi connectivity index (χ4v) is 5.56. The number of nitrogens with one attached hydrogen (secondary N) is 3. The first-order valence-electron chi connectivity index (χ1n) is 10.9. The number of pyridine rings is 1. The average molecular weight is 488 g/mol. The maximum atomic E-state index is 13.1. The Morgan fingerprint density at radius 1 is 1.15 bits per heavy atom. The molecular weight excluding hydrogens is 462 g/mol. The van der Waals surface area contributed by atoms with Gasteiger partial charge in [0.05, 0.1) is 10.6 Å². The number of H-pyrrole nitrogens is 1. The summed E-state index contributed by atoms with van der Waals surface area (Å²) in [6.45, 7) is 3.81. The highest BCUT2D eigenvalue weighted by molar-refractivity contribution is 7.92. The standard InChI is InChI=1S/C24H26ClN3O4S/c1-14-6-3-4-8-20(14)27-24(30)18-13-26-22-11-10-16(12-17(22)23(18)29)33(31,32)28-21-9-5-7-19(25)15(21)2/h5,7,9-14,20,28H,3-4,6,8H2,1-2H3,(H,26,29)(H,27,30)/t14-,20+/m1/s1. The number of hydrogen-bond acceptors (Lipinski definition) is 4. The largest absolute Gasteiger partial charge is 0.360 e. The van der Waals surface area contributed by atoms with E-state index >= 15 is 0 Å². The third-order valence-corrected chi connectivity index (χ3v) is 8.12. The first-order valence-corrected chi connectivity index (χ1v) is 12.8. The highest BCUT2D eigenvalue weighted by atomic mass is 35.5. The van der Waals surface area contributed by atoms with Gasteiger partial charge in [-0.3, -0.25) is 14.3 Å². The Morgan fingerprint density at radius 2 is 1.91 bits per heavy atom. The second kappa shape index (κ2) is 9.19. The van der Waals surface area contributed by atoms with Gasteiger partial charge in [0, 0.05) is 28.2 Å². The van der Waals surface area contributed by atoms with E-state index in [0.717, 1.165) is 25.7 Å². The number of benzene rings is 2. The molecule has 174 valence electrons. The zero-order chi connectivity index (χ0) is 23.8. The lowest BCUT2D eigenvalue weighted by atomic mass is 9.86. The topological polar surface area (TPSA) is 108 Å². The maximum absolute atomic E-state index is 13.1. The van der Waals surface area contributed by atoms with E-state index in [9.17, 15) is 18.0 Å². The Labute approximate surface area is 197 Å². The number of amides is 1. The molecule has 1 aliphatic rings. The van der Waals surface area contributed by atoms with Crippen LogP contribution in [0, 0.1) is 12.8 Å². The molecule has 4 rings (SSSR count). The summed E-state index contributed by atoms with van der Waals surface area (Å²) in [6.07, 6.45) is 5.50. The molecule has 1 saturated carbocycles. The number of fused-ring (bicyclic) bond motifs is 1. The summed E-state index contributed by atoms with van der Waals surface area (Å²) in [4.78, 5) is 28.8. The van der Waals surface area contributed by atoms with Crippen LogP contribution in [0.2, 0.25) is 5.02 Å². The fraction of sp³-hybridized carbons (Fsp3) is 0.333. The molecule has 0 bridgehead atoms. The third kappa shape index (κ3) is 4.77. The Hall–Kier alpha value is -2.84. The molecule has 0 spiro atoms. The van der Waals surface area contributed by atoms with Crippen molar-refractivity contribution in [2.24, 2.45) is 5.92 Å². The molecule has 2 atom stereocenters. The third-order valence-electron chi connectivity index (χ3n) is 6.35. The average Bonchev–Trinajstić information content (AvgIpc) is 2.78. The predicted octanol–water partition coefficient (Wildman–Crippen LogP) is 4.60. The molecule has 1 fully saturated rings. The smallest absolute Gasteiger partial charge is 0.261 e. The summed E-state index contributed by atoms with van der Waals surface area (Å²) >= 11 is 6.10. The van der Waals surface area contributed by atoms with Crippen LogP contribution in [0.1, 0.15) is 48.5 Å². The van der Waals surface area contributed by atoms with Crippen LogP contribution in [0.5, 0.6) is 0 Å². The van der Waals surface area contributed by atoms with Gasteiger partial charge in [-0.05, 0) is 61.6 Å². The molecule has 7 nitrogen and oxygen atoms in total. The van der Waals surface area contributed by atoms with Gasteiger partial charge in [-0.2, -0.15) is 0 Å². The highest BCUT2D eigenvalue weighted by Crippen LogP contribution is 2.26. The Morgan fingerprint density at radius 3 is 2.67 bits per heavy atom. The van der Waals surface area contributed by atoms with Crippen LogP contribution in [0.3, 0.4) is 0 Å². The molecule has 1 heterocycles. The van der Waals surface area contributed by atoms with Gasteiger partial charge in [0.1, 0.15) is 5.56 Å². The van der Waals surface area contributed by atoms with Crippen LogP contribution >= 0.6 is 11.6 Å². The van der Waals surface area contributed by atoms with E-state index in [-0.39, 0.29) is 21.9 Å². The molecule has 1 aliphatic carbocycles. The monoisotopic (exact) mass is 487 g/mol. The highest BCUT2D eigenvalue weighted by Gasteiger charge is 2.25. The maximum Gasteiger partial charge on any atom is 0.261 e. The number of aromatic amines is 1. The van der Waals surface area contributed by atoms with Crippen LogP contribution in [-0.4, -0.2) is 25.4 Å². The number of rotatable bonds is 5. The molecule has 0 aliphatic heterocycles. The zero-order valence-corrected chi connectivity index (χ0v) is 20.0. The van der Waals surface area contributed by atoms with Crippen molar-refractivity contribution in [2.45, 2.75) is 50.5 Å². The van der Waals surface area contributed by atoms with Crippen molar-refractivity contribution in [3.8, 4) is 0 Å². The Kier molecular flexibility index (Phi) is 6.50. The van der Waals surface area contributed by atoms with E-state index in [2.05, 4.69) is 21.9 Å². The van der Waals surface area contributed by atoms with Gasteiger partial charge in [-0.1, -0.05) is 37.4 Å². The van der Waals surface area contributed by atoms with Crippen molar-refractivity contribution in [1.82, 2.24) is 10.3 Å². The molecule has 0 radical (unpaired) electrons. The first-order chi connectivity index (χ1) is 15.7. The van der Waals surface area contributed by atoms with E-state index in [1.165, 1.54) is 24.4 Å². The van der Waals surface area contributed by atoms with E-state index in [4.69, 9.17) is 11.6 Å². The molecule has 0 saturated heterocycles. The van der Waals surface area contributed by atoms with Gasteiger partial charge >= 0.3 is 0 Å². The number of anilines is 1. The number of carbonyl (C=O) groups is 1. The van der Waals surface area contributed by atoms with Crippen LogP contribution < -0.4 is 15.5 Å². The minimum atomic E-state index is -3.99. The molecule has 1 amide bonds. The fourth-order valence-electron chi connectivity index (χ4n) is 4.23. The normalized spacial score (nSPS) is 18.8. The molecule has 3 N–H and O–H groups in total. The van der Waals surface area contributed by atoms with Crippen LogP contribution in [0.25, 0.3) is 10.9 Å². The summed E-state index contributed by atoms with van der Waals surface area (Å²) in [6, 6.07) is 9.17. The zero-order valence-electron chi connectivity index (χ0n) is 18.4. The quantitative estimate of drug-likeness (QED) is 0.488. The number of halogens is 1. The van der Waals surface area contributed by atoms with Crippen molar-refractivity contribution < 1.29 is 13.2 Å². The number of aromatic nitrogens is 1. The summed E-state index contributed by atoms with van der Waals surface area (Å²) in [7, 11) is -3.99. The summed E-state index contributed by atoms with van der Waals surface area (Å²) in [5.41, 5.74) is 0.846. The van der Waals surface area contributed by atoms with Gasteiger partial charge in [0.2, 0.25) is 5.43 Å². The van der Waals surface area contributed by atoms with E-state index in [0.29, 0.717) is 27.7 Å². The van der Waals surface area contributed by atoms with Crippen LogP contribution in [0.4, 0.5) is 5.69 Å². The number of carbonyl (C=O) groups excluding carboxylic acids is 1. The number of hydrogen-bond donors (Lipinski definition) is 3. The predicted molar refractivity (Wildman–Crippen MR) is 130 cm³/mol. The lowest BCUT2D eigenvalue weighted by Crippen LogP contribution is -2.42. The molecule has 0 unspecified atom stereocenters. The van der Waals surface area contributed by atoms with E-state index in [1.54, 1.807) is 25.1 Å². The Bertz CT molecular complexity index is 1380. The molecule has 2 aromatic carbocycles. The summed E-state index contributed by atoms with van der Waals surface area (Å²) < 4.78 is 28.5. The summed E-state index contributed by atoms with van der Waals surface area (Å²) in [5.74, 6) is -0.0992. The van der Waals surface area contributed by atoms with Crippen molar-refractivity contribution >= 4 is 44.1 Å². The lowest BCUT2D eigenvalue weighted by molar-refractivity contribution is 0.0909. The van der Waals surface area contributed by atoms with Crippen molar-refractivity contribution in [2.75, 3.05) is 4.72 Å². The van der Waals surface area contributed by atoms with Gasteiger partial charge < -0.3 is 10.3 Å². The second-order valence-electron chi connectivity index (χ2n) is 8.60. The minimum absolute atomic E-state index is 0.0261. The van der Waals surface area contributed by atoms with Gasteiger partial charge in [0.25, 0.3) is 15.9 Å². The lowest BCUT2D eigenvalue weighted by Gasteiger charge is -2.29. The van der Waals surface area contributed by atoms with Crippen molar-refractivity contribution in [1.29, 1.82) is 0 Å². The van der Waals surface area contributed by atoms with Crippen LogP contribution in [0.15, 0.2) is 52.3 Å². The summed E-state index contributed by atoms with van der Waals surface area (Å²) in [5, 5.41) is 3.55. The van der Waals surface area contributed by atoms with Gasteiger partial charge in [-0.25, -0.2) is 8.42 Å². The van der Waals surface area contributed by atoms with Crippen LogP contribution in [-0.2, 0) is 10.0 Å². The second-order valence-corrected chi connectivity index (χ2v) is 10.7. The van der Waals surface area contributed by atoms with Gasteiger partial charge in [0.15, 0.2) is 0 Å². The SMILES string of the molecule is Cc1c(Cl)cccc1NS(=O)(=O)c1ccc2[nH]cc(C(=O)N[C@H]3CCCC[C@H]3C)c(=O)c2c1. The number of sulfonamides is 1. The van der Waals surface area contributed by atoms with Crippen molar-refractivity contribution in [3.05, 3.63) is 69.0 Å². The van der Waals surface area contributed by atoms with E-state index in [1.807, 2.05) is 0 Å².